The molecule has 3 unspecified atom stereocenters. The van der Waals surface area contributed by atoms with Crippen molar-refractivity contribution >= 4 is 6.09 Å². The third-order valence-corrected chi connectivity index (χ3v) is 5.55. The highest BCUT2D eigenvalue weighted by Crippen LogP contribution is 2.50. The van der Waals surface area contributed by atoms with Crippen LogP contribution in [0.15, 0.2) is 11.8 Å². The third-order valence-electron chi connectivity index (χ3n) is 5.55. The zero-order valence-corrected chi connectivity index (χ0v) is 16.9. The second kappa shape index (κ2) is 7.53. The molecule has 1 aliphatic carbocycles. The first kappa shape index (κ1) is 21.9. The first-order valence-corrected chi connectivity index (χ1v) is 9.47. The topological polar surface area (TPSA) is 58.8 Å². The van der Waals surface area contributed by atoms with Gasteiger partial charge in [-0.2, -0.15) is 13.2 Å². The highest BCUT2D eigenvalue weighted by molar-refractivity contribution is 5.68. The zero-order valence-electron chi connectivity index (χ0n) is 16.9. The van der Waals surface area contributed by atoms with E-state index in [0.717, 1.165) is 0 Å². The van der Waals surface area contributed by atoms with Gasteiger partial charge in [0.05, 0.1) is 5.41 Å². The summed E-state index contributed by atoms with van der Waals surface area (Å²) in [4.78, 5) is 16.0. The lowest BCUT2D eigenvalue weighted by Gasteiger charge is -2.44. The van der Waals surface area contributed by atoms with Gasteiger partial charge in [-0.25, -0.2) is 4.79 Å². The molecule has 0 radical (unpaired) electrons. The number of carbonyl (C=O) groups excluding carboxylic acids is 1. The van der Waals surface area contributed by atoms with Crippen molar-refractivity contribution in [2.75, 3.05) is 26.2 Å². The number of allylic oxidation sites excluding steroid dienone is 1. The van der Waals surface area contributed by atoms with E-state index >= 15 is 0 Å². The van der Waals surface area contributed by atoms with Gasteiger partial charge in [0.25, 0.3) is 0 Å². The van der Waals surface area contributed by atoms with E-state index in [1.807, 2.05) is 27.7 Å². The number of piperazine rings is 1. The summed E-state index contributed by atoms with van der Waals surface area (Å²) in [5, 5.41) is 0. The molecule has 27 heavy (non-hydrogen) atoms. The maximum atomic E-state index is 13.5. The summed E-state index contributed by atoms with van der Waals surface area (Å²) < 4.78 is 45.9. The number of carbonyl (C=O) groups is 1. The molecule has 2 rings (SSSR count). The number of amides is 1. The molecule has 0 aromatic rings. The van der Waals surface area contributed by atoms with Crippen LogP contribution in [0.2, 0.25) is 0 Å². The van der Waals surface area contributed by atoms with E-state index in [0.29, 0.717) is 31.9 Å². The SMILES string of the molecule is CC(C1C=C(N)CC(C)(C(F)(F)F)C1)N1CCN(C(=O)OC(C)(C)C)CC1. The van der Waals surface area contributed by atoms with Gasteiger partial charge < -0.3 is 15.4 Å². The summed E-state index contributed by atoms with van der Waals surface area (Å²) >= 11 is 0. The van der Waals surface area contributed by atoms with Crippen LogP contribution < -0.4 is 5.73 Å². The Morgan fingerprint density at radius 1 is 1.26 bits per heavy atom. The van der Waals surface area contributed by atoms with E-state index in [9.17, 15) is 18.0 Å². The molecule has 1 aliphatic heterocycles. The first-order valence-electron chi connectivity index (χ1n) is 9.47. The van der Waals surface area contributed by atoms with E-state index in [-0.39, 0.29) is 30.9 Å². The standard InChI is InChI=1S/C19H32F3N3O2/c1-13(14-10-15(23)12-18(5,11-14)19(20,21)22)24-6-8-25(9-7-24)16(26)27-17(2,3)4/h10,13-14H,6-9,11-12,23H2,1-5H3. The monoisotopic (exact) mass is 391 g/mol. The summed E-state index contributed by atoms with van der Waals surface area (Å²) in [6.45, 7) is 10.9. The van der Waals surface area contributed by atoms with E-state index < -0.39 is 17.2 Å². The van der Waals surface area contributed by atoms with Crippen LogP contribution in [0.5, 0.6) is 0 Å². The van der Waals surface area contributed by atoms with Crippen molar-refractivity contribution in [3.05, 3.63) is 11.8 Å². The molecule has 0 saturated carbocycles. The van der Waals surface area contributed by atoms with E-state index in [1.165, 1.54) is 6.92 Å². The van der Waals surface area contributed by atoms with Crippen LogP contribution >= 0.6 is 0 Å². The molecule has 0 aromatic heterocycles. The van der Waals surface area contributed by atoms with E-state index in [4.69, 9.17) is 10.5 Å². The molecule has 1 fully saturated rings. The summed E-state index contributed by atoms with van der Waals surface area (Å²) in [6.07, 6.45) is -2.95. The Morgan fingerprint density at radius 3 is 2.30 bits per heavy atom. The fourth-order valence-electron chi connectivity index (χ4n) is 3.87. The van der Waals surface area contributed by atoms with Crippen molar-refractivity contribution in [2.24, 2.45) is 17.1 Å². The van der Waals surface area contributed by atoms with Gasteiger partial charge in [0.15, 0.2) is 0 Å². The van der Waals surface area contributed by atoms with E-state index in [1.54, 1.807) is 11.0 Å². The van der Waals surface area contributed by atoms with Crippen molar-refractivity contribution in [1.82, 2.24) is 9.80 Å². The number of halogens is 3. The molecule has 2 aliphatic rings. The van der Waals surface area contributed by atoms with Crippen LogP contribution in [-0.4, -0.2) is 59.9 Å². The van der Waals surface area contributed by atoms with Crippen LogP contribution in [0.25, 0.3) is 0 Å². The molecule has 0 spiro atoms. The average Bonchev–Trinajstić information content (AvgIpc) is 2.51. The van der Waals surface area contributed by atoms with Crippen molar-refractivity contribution in [2.45, 2.75) is 65.3 Å². The Bertz CT molecular complexity index is 578. The van der Waals surface area contributed by atoms with Crippen molar-refractivity contribution in [1.29, 1.82) is 0 Å². The Kier molecular flexibility index (Phi) is 6.09. The normalized spacial score (nSPS) is 29.3. The minimum Gasteiger partial charge on any atom is -0.444 e. The molecule has 5 nitrogen and oxygen atoms in total. The predicted molar refractivity (Wildman–Crippen MR) is 98.0 cm³/mol. The molecule has 3 atom stereocenters. The van der Waals surface area contributed by atoms with Crippen LogP contribution in [0.3, 0.4) is 0 Å². The quantitative estimate of drug-likeness (QED) is 0.779. The Balaban J connectivity index is 1.98. The fraction of sp³-hybridized carbons (Fsp3) is 0.842. The lowest BCUT2D eigenvalue weighted by molar-refractivity contribution is -0.225. The van der Waals surface area contributed by atoms with Gasteiger partial charge in [0.2, 0.25) is 0 Å². The fourth-order valence-corrected chi connectivity index (χ4v) is 3.87. The molecule has 0 bridgehead atoms. The van der Waals surface area contributed by atoms with Crippen LogP contribution in [0, 0.1) is 11.3 Å². The molecule has 156 valence electrons. The number of hydrogen-bond donors (Lipinski definition) is 1. The van der Waals surface area contributed by atoms with Crippen LogP contribution in [-0.2, 0) is 4.74 Å². The van der Waals surface area contributed by atoms with E-state index in [2.05, 4.69) is 4.90 Å². The van der Waals surface area contributed by atoms with Gasteiger partial charge in [-0.05, 0) is 40.0 Å². The smallest absolute Gasteiger partial charge is 0.410 e. The molecule has 8 heteroatoms. The largest absolute Gasteiger partial charge is 0.444 e. The molecular formula is C19H32F3N3O2. The lowest BCUT2D eigenvalue weighted by atomic mass is 9.70. The molecule has 1 saturated heterocycles. The van der Waals surface area contributed by atoms with Crippen molar-refractivity contribution in [3.63, 3.8) is 0 Å². The number of hydrogen-bond acceptors (Lipinski definition) is 4. The summed E-state index contributed by atoms with van der Waals surface area (Å²) in [5.74, 6) is -0.265. The Morgan fingerprint density at radius 2 is 1.81 bits per heavy atom. The van der Waals surface area contributed by atoms with Gasteiger partial charge in [0, 0.05) is 44.3 Å². The molecule has 1 amide bonds. The van der Waals surface area contributed by atoms with Crippen LogP contribution in [0.4, 0.5) is 18.0 Å². The molecule has 2 N–H and O–H groups in total. The van der Waals surface area contributed by atoms with Gasteiger partial charge >= 0.3 is 12.3 Å². The zero-order chi connectivity index (χ0) is 20.6. The number of nitrogens with two attached hydrogens (primary N) is 1. The average molecular weight is 391 g/mol. The minimum atomic E-state index is -4.28. The number of ether oxygens (including phenoxy) is 1. The van der Waals surface area contributed by atoms with Gasteiger partial charge in [-0.15, -0.1) is 0 Å². The summed E-state index contributed by atoms with van der Waals surface area (Å²) in [7, 11) is 0. The van der Waals surface area contributed by atoms with Crippen LogP contribution in [0.1, 0.15) is 47.5 Å². The Labute approximate surface area is 159 Å². The molecule has 1 heterocycles. The number of nitrogens with zero attached hydrogens (tertiary/aromatic N) is 2. The van der Waals surface area contributed by atoms with Crippen molar-refractivity contribution in [3.8, 4) is 0 Å². The number of alkyl halides is 3. The minimum absolute atomic E-state index is 0.0324. The lowest BCUT2D eigenvalue weighted by Crippen LogP contribution is -2.54. The molecular weight excluding hydrogens is 359 g/mol. The third kappa shape index (κ3) is 5.30. The van der Waals surface area contributed by atoms with Gasteiger partial charge in [-0.1, -0.05) is 13.0 Å². The molecule has 0 aromatic carbocycles. The summed E-state index contributed by atoms with van der Waals surface area (Å²) in [5.41, 5.74) is 3.83. The number of rotatable bonds is 2. The predicted octanol–water partition coefficient (Wildman–Crippen LogP) is 3.75. The maximum Gasteiger partial charge on any atom is 0.410 e. The van der Waals surface area contributed by atoms with Gasteiger partial charge in [-0.3, -0.25) is 4.90 Å². The maximum absolute atomic E-state index is 13.5. The van der Waals surface area contributed by atoms with Gasteiger partial charge in [0.1, 0.15) is 5.60 Å². The second-order valence-electron chi connectivity index (χ2n) is 9.09. The summed E-state index contributed by atoms with van der Waals surface area (Å²) in [6, 6.07) is -0.0775. The van der Waals surface area contributed by atoms with Crippen molar-refractivity contribution < 1.29 is 22.7 Å². The highest BCUT2D eigenvalue weighted by atomic mass is 19.4. The highest BCUT2D eigenvalue weighted by Gasteiger charge is 2.53. The first-order chi connectivity index (χ1) is 12.2. The second-order valence-corrected chi connectivity index (χ2v) is 9.09. The Hall–Kier alpha value is -1.44.